The maximum absolute atomic E-state index is 13.0. The van der Waals surface area contributed by atoms with Gasteiger partial charge >= 0.3 is 6.01 Å². The van der Waals surface area contributed by atoms with Crippen molar-refractivity contribution < 1.29 is 31.8 Å². The number of rotatable bonds is 12. The third kappa shape index (κ3) is 5.97. The summed E-state index contributed by atoms with van der Waals surface area (Å²) in [4.78, 5) is 12.7. The summed E-state index contributed by atoms with van der Waals surface area (Å²) in [5.41, 5.74) is 0.801. The van der Waals surface area contributed by atoms with Crippen molar-refractivity contribution in [3.63, 3.8) is 0 Å². The first kappa shape index (κ1) is 25.3. The van der Waals surface area contributed by atoms with Crippen LogP contribution in [0, 0.1) is 0 Å². The fourth-order valence-electron chi connectivity index (χ4n) is 3.04. The minimum absolute atomic E-state index is 0.0486. The van der Waals surface area contributed by atoms with Crippen molar-refractivity contribution in [1.29, 1.82) is 0 Å². The molecule has 2 aromatic carbocycles. The van der Waals surface area contributed by atoms with Gasteiger partial charge in [0, 0.05) is 32.9 Å². The molecule has 0 aliphatic heterocycles. The number of ether oxygens (including phenoxy) is 3. The molecule has 0 saturated heterocycles. The van der Waals surface area contributed by atoms with Crippen LogP contribution in [-0.2, 0) is 19.5 Å². The predicted octanol–water partition coefficient (Wildman–Crippen LogP) is 2.28. The highest BCUT2D eigenvalue weighted by atomic mass is 32.2. The number of carbonyl (C=O) groups is 1. The van der Waals surface area contributed by atoms with Gasteiger partial charge in [0.2, 0.25) is 10.0 Å². The lowest BCUT2D eigenvalue weighted by Crippen LogP contribution is -2.36. The first-order valence-electron chi connectivity index (χ1n) is 10.3. The van der Waals surface area contributed by atoms with Crippen molar-refractivity contribution in [2.45, 2.75) is 4.90 Å². The van der Waals surface area contributed by atoms with Crippen molar-refractivity contribution in [3.05, 3.63) is 54.1 Å². The minimum atomic E-state index is -3.79. The monoisotopic (exact) mass is 490 g/mol. The number of hydrogen-bond acceptors (Lipinski definition) is 9. The van der Waals surface area contributed by atoms with E-state index in [0.717, 1.165) is 0 Å². The highest BCUT2D eigenvalue weighted by Crippen LogP contribution is 2.29. The van der Waals surface area contributed by atoms with Crippen molar-refractivity contribution in [3.8, 4) is 17.2 Å². The third-order valence-corrected chi connectivity index (χ3v) is 6.74. The maximum Gasteiger partial charge on any atom is 0.322 e. The normalized spacial score (nSPS) is 11.5. The number of aromatic nitrogens is 2. The topological polar surface area (TPSA) is 133 Å². The summed E-state index contributed by atoms with van der Waals surface area (Å²) in [6, 6.07) is 12.5. The number of methoxy groups -OCH3 is 3. The van der Waals surface area contributed by atoms with E-state index in [4.69, 9.17) is 18.6 Å². The van der Waals surface area contributed by atoms with E-state index in [2.05, 4.69) is 15.5 Å². The minimum Gasteiger partial charge on any atom is -0.496 e. The first-order chi connectivity index (χ1) is 16.4. The molecular weight excluding hydrogens is 464 g/mol. The molecule has 0 unspecified atom stereocenters. The number of hydrogen-bond donors (Lipinski definition) is 1. The summed E-state index contributed by atoms with van der Waals surface area (Å²) in [6.07, 6.45) is 0. The Morgan fingerprint density at radius 1 is 0.971 bits per heavy atom. The van der Waals surface area contributed by atoms with Crippen molar-refractivity contribution in [2.75, 3.05) is 52.9 Å². The summed E-state index contributed by atoms with van der Waals surface area (Å²) >= 11 is 0. The third-order valence-electron chi connectivity index (χ3n) is 4.83. The Morgan fingerprint density at radius 2 is 1.62 bits per heavy atom. The molecule has 3 aromatic rings. The van der Waals surface area contributed by atoms with Crippen LogP contribution in [0.15, 0.2) is 57.8 Å². The zero-order chi connectivity index (χ0) is 24.6. The molecule has 1 N–H and O–H groups in total. The van der Waals surface area contributed by atoms with E-state index in [-0.39, 0.29) is 48.7 Å². The van der Waals surface area contributed by atoms with Gasteiger partial charge in [-0.3, -0.25) is 10.1 Å². The summed E-state index contributed by atoms with van der Waals surface area (Å²) < 4.78 is 48.0. The molecule has 1 aromatic heterocycles. The fourth-order valence-corrected chi connectivity index (χ4v) is 4.45. The van der Waals surface area contributed by atoms with Crippen LogP contribution in [0.2, 0.25) is 0 Å². The lowest BCUT2D eigenvalue weighted by molar-refractivity contribution is 0.102. The number of nitrogens with one attached hydrogen (secondary N) is 1. The van der Waals surface area contributed by atoms with Gasteiger partial charge in [-0.1, -0.05) is 17.2 Å². The Hall–Kier alpha value is -3.32. The molecule has 0 radical (unpaired) electrons. The van der Waals surface area contributed by atoms with E-state index in [1.807, 2.05) is 0 Å². The average molecular weight is 491 g/mol. The van der Waals surface area contributed by atoms with Gasteiger partial charge in [0.05, 0.1) is 30.8 Å². The smallest absolute Gasteiger partial charge is 0.322 e. The highest BCUT2D eigenvalue weighted by Gasteiger charge is 2.24. The molecule has 0 bridgehead atoms. The summed E-state index contributed by atoms with van der Waals surface area (Å²) in [5.74, 6) is 0.196. The Kier molecular flexibility index (Phi) is 8.71. The van der Waals surface area contributed by atoms with Crippen LogP contribution in [0.25, 0.3) is 11.5 Å². The molecule has 34 heavy (non-hydrogen) atoms. The van der Waals surface area contributed by atoms with Crippen LogP contribution >= 0.6 is 0 Å². The van der Waals surface area contributed by atoms with Crippen molar-refractivity contribution in [1.82, 2.24) is 14.5 Å². The molecule has 0 saturated carbocycles. The van der Waals surface area contributed by atoms with Crippen LogP contribution in [0.4, 0.5) is 6.01 Å². The van der Waals surface area contributed by atoms with Crippen molar-refractivity contribution >= 4 is 21.9 Å². The second-order valence-electron chi connectivity index (χ2n) is 6.98. The molecule has 0 spiro atoms. The van der Waals surface area contributed by atoms with Gasteiger partial charge in [0.1, 0.15) is 5.75 Å². The Labute approximate surface area is 197 Å². The average Bonchev–Trinajstić information content (AvgIpc) is 3.32. The molecule has 0 aliphatic rings. The van der Waals surface area contributed by atoms with E-state index >= 15 is 0 Å². The molecule has 1 heterocycles. The summed E-state index contributed by atoms with van der Waals surface area (Å²) in [6.45, 7) is 0.834. The van der Waals surface area contributed by atoms with Gasteiger partial charge in [0.25, 0.3) is 11.8 Å². The van der Waals surface area contributed by atoms with E-state index < -0.39 is 15.9 Å². The van der Waals surface area contributed by atoms with Crippen LogP contribution in [0.3, 0.4) is 0 Å². The molecule has 0 atom stereocenters. The second-order valence-corrected chi connectivity index (χ2v) is 8.92. The Morgan fingerprint density at radius 3 is 2.24 bits per heavy atom. The number of benzene rings is 2. The summed E-state index contributed by atoms with van der Waals surface area (Å²) in [5, 5.41) is 10.3. The number of carbonyl (C=O) groups excluding carboxylic acids is 1. The lowest BCUT2D eigenvalue weighted by Gasteiger charge is -2.21. The second kappa shape index (κ2) is 11.7. The number of para-hydroxylation sites is 1. The van der Waals surface area contributed by atoms with Gasteiger partial charge in [-0.05, 0) is 36.4 Å². The van der Waals surface area contributed by atoms with E-state index in [1.165, 1.54) is 49.9 Å². The zero-order valence-corrected chi connectivity index (χ0v) is 19.9. The van der Waals surface area contributed by atoms with E-state index in [0.29, 0.717) is 11.3 Å². The highest BCUT2D eigenvalue weighted by molar-refractivity contribution is 7.89. The number of amides is 1. The first-order valence-corrected chi connectivity index (χ1v) is 11.7. The molecule has 11 nitrogen and oxygen atoms in total. The Bertz CT molecular complexity index is 1190. The van der Waals surface area contributed by atoms with E-state index in [1.54, 1.807) is 24.3 Å². The maximum atomic E-state index is 13.0. The van der Waals surface area contributed by atoms with Crippen LogP contribution < -0.4 is 10.1 Å². The zero-order valence-electron chi connectivity index (χ0n) is 19.1. The Balaban J connectivity index is 1.72. The van der Waals surface area contributed by atoms with Crippen LogP contribution in [-0.4, -0.2) is 76.5 Å². The lowest BCUT2D eigenvalue weighted by atomic mass is 10.2. The number of nitrogens with zero attached hydrogens (tertiary/aromatic N) is 3. The van der Waals surface area contributed by atoms with Crippen LogP contribution in [0.5, 0.6) is 5.75 Å². The number of sulfonamides is 1. The van der Waals surface area contributed by atoms with Gasteiger partial charge in [0.15, 0.2) is 0 Å². The molecule has 0 aliphatic carbocycles. The standard InChI is InChI=1S/C22H26N4O7S/c1-30-14-12-26(13-15-31-2)34(28,29)17-10-8-16(9-11-17)20(27)23-22-25-24-21(33-22)18-6-4-5-7-19(18)32-3/h4-11H,12-15H2,1-3H3,(H,23,25,27). The van der Waals surface area contributed by atoms with Crippen molar-refractivity contribution in [2.24, 2.45) is 0 Å². The van der Waals surface area contributed by atoms with Gasteiger partial charge < -0.3 is 18.6 Å². The predicted molar refractivity (Wildman–Crippen MR) is 123 cm³/mol. The molecule has 12 heteroatoms. The van der Waals surface area contributed by atoms with Gasteiger partial charge in [-0.15, -0.1) is 5.10 Å². The molecular formula is C22H26N4O7S. The molecule has 1 amide bonds. The van der Waals surface area contributed by atoms with Gasteiger partial charge in [-0.2, -0.15) is 4.31 Å². The molecule has 182 valence electrons. The molecule has 0 fully saturated rings. The van der Waals surface area contributed by atoms with Crippen LogP contribution in [0.1, 0.15) is 10.4 Å². The summed E-state index contributed by atoms with van der Waals surface area (Å²) in [7, 11) is 0.727. The molecule has 3 rings (SSSR count). The quantitative estimate of drug-likeness (QED) is 0.406. The van der Waals surface area contributed by atoms with Gasteiger partial charge in [-0.25, -0.2) is 8.42 Å². The largest absolute Gasteiger partial charge is 0.496 e. The SMILES string of the molecule is COCCN(CCOC)S(=O)(=O)c1ccc(C(=O)Nc2nnc(-c3ccccc3OC)o2)cc1. The van der Waals surface area contributed by atoms with E-state index in [9.17, 15) is 13.2 Å². The fraction of sp³-hybridized carbons (Fsp3) is 0.318. The number of anilines is 1.